The number of alkyl halides is 1. The summed E-state index contributed by atoms with van der Waals surface area (Å²) in [5.41, 5.74) is 0. The molecule has 3 heteroatoms. The van der Waals surface area contributed by atoms with Gasteiger partial charge in [-0.1, -0.05) is 13.8 Å². The Bertz CT molecular complexity index is 158. The van der Waals surface area contributed by atoms with E-state index in [0.717, 1.165) is 44.6 Å². The smallest absolute Gasteiger partial charge is 0.0590 e. The van der Waals surface area contributed by atoms with Gasteiger partial charge in [0.05, 0.1) is 6.61 Å². The van der Waals surface area contributed by atoms with Crippen LogP contribution in [0.15, 0.2) is 0 Å². The second kappa shape index (κ2) is 7.48. The largest absolute Gasteiger partial charge is 0.380 e. The summed E-state index contributed by atoms with van der Waals surface area (Å²) in [5.74, 6) is 1.55. The van der Waals surface area contributed by atoms with E-state index in [4.69, 9.17) is 16.3 Å². The van der Waals surface area contributed by atoms with Gasteiger partial charge in [0, 0.05) is 18.5 Å². The number of halogens is 1. The van der Waals surface area contributed by atoms with Gasteiger partial charge in [-0.3, -0.25) is 0 Å². The van der Waals surface area contributed by atoms with Crippen LogP contribution in [-0.4, -0.2) is 31.7 Å². The number of hydrogen-bond acceptors (Lipinski definition) is 2. The zero-order chi connectivity index (χ0) is 11.1. The molecule has 0 aromatic heterocycles. The Morgan fingerprint density at radius 2 is 2.07 bits per heavy atom. The van der Waals surface area contributed by atoms with Crippen molar-refractivity contribution in [1.29, 1.82) is 0 Å². The monoisotopic (exact) mass is 233 g/mol. The number of hydrogen-bond donors (Lipinski definition) is 1. The Hall–Kier alpha value is 0.210. The van der Waals surface area contributed by atoms with Crippen LogP contribution in [0.1, 0.15) is 33.1 Å². The lowest BCUT2D eigenvalue weighted by atomic mass is 9.85. The van der Waals surface area contributed by atoms with Crippen molar-refractivity contribution < 1.29 is 4.74 Å². The SMILES string of the molecule is CC(C)CCOCCNCC1CC(Cl)C1. The maximum Gasteiger partial charge on any atom is 0.0590 e. The predicted octanol–water partition coefficient (Wildman–Crippen LogP) is 2.66. The van der Waals surface area contributed by atoms with Gasteiger partial charge in [-0.05, 0) is 37.6 Å². The lowest BCUT2D eigenvalue weighted by Gasteiger charge is -2.30. The van der Waals surface area contributed by atoms with Gasteiger partial charge >= 0.3 is 0 Å². The van der Waals surface area contributed by atoms with Gasteiger partial charge in [0.25, 0.3) is 0 Å². The molecule has 0 saturated heterocycles. The Kier molecular flexibility index (Phi) is 6.62. The highest BCUT2D eigenvalue weighted by Gasteiger charge is 2.26. The van der Waals surface area contributed by atoms with Gasteiger partial charge in [-0.15, -0.1) is 11.6 Å². The molecule has 0 aromatic carbocycles. The molecule has 0 unspecified atom stereocenters. The average Bonchev–Trinajstić information content (AvgIpc) is 2.12. The lowest BCUT2D eigenvalue weighted by Crippen LogP contribution is -2.34. The minimum atomic E-state index is 0.444. The maximum absolute atomic E-state index is 5.90. The third-order valence-electron chi connectivity index (χ3n) is 2.87. The van der Waals surface area contributed by atoms with Crippen LogP contribution in [0.5, 0.6) is 0 Å². The van der Waals surface area contributed by atoms with Crippen molar-refractivity contribution in [2.75, 3.05) is 26.3 Å². The van der Waals surface area contributed by atoms with Crippen molar-refractivity contribution in [3.05, 3.63) is 0 Å². The molecule has 1 fully saturated rings. The molecule has 1 saturated carbocycles. The second-order valence-electron chi connectivity index (χ2n) is 4.93. The fourth-order valence-corrected chi connectivity index (χ4v) is 2.20. The van der Waals surface area contributed by atoms with Crippen molar-refractivity contribution >= 4 is 11.6 Å². The van der Waals surface area contributed by atoms with E-state index in [1.54, 1.807) is 0 Å². The summed E-state index contributed by atoms with van der Waals surface area (Å²) in [5, 5.41) is 3.86. The highest BCUT2D eigenvalue weighted by molar-refractivity contribution is 6.21. The zero-order valence-corrected chi connectivity index (χ0v) is 10.7. The first-order valence-electron chi connectivity index (χ1n) is 6.11. The number of nitrogens with one attached hydrogen (secondary N) is 1. The van der Waals surface area contributed by atoms with Crippen LogP contribution >= 0.6 is 11.6 Å². The summed E-state index contributed by atoms with van der Waals surface area (Å²) in [6.07, 6.45) is 3.53. The molecule has 1 rings (SSSR count). The van der Waals surface area contributed by atoms with Crippen molar-refractivity contribution in [2.45, 2.75) is 38.5 Å². The molecular weight excluding hydrogens is 210 g/mol. The van der Waals surface area contributed by atoms with Crippen LogP contribution < -0.4 is 5.32 Å². The molecule has 0 atom stereocenters. The molecule has 0 amide bonds. The van der Waals surface area contributed by atoms with Crippen molar-refractivity contribution in [1.82, 2.24) is 5.32 Å². The van der Waals surface area contributed by atoms with E-state index >= 15 is 0 Å². The standard InChI is InChI=1S/C12H24ClNO/c1-10(2)3-5-15-6-4-14-9-11-7-12(13)8-11/h10-12,14H,3-9H2,1-2H3. The molecule has 0 bridgehead atoms. The van der Waals surface area contributed by atoms with Gasteiger partial charge in [0.2, 0.25) is 0 Å². The number of rotatable bonds is 8. The Morgan fingerprint density at radius 3 is 2.67 bits per heavy atom. The Labute approximate surface area is 98.7 Å². The van der Waals surface area contributed by atoms with E-state index < -0.39 is 0 Å². The molecule has 0 heterocycles. The first-order valence-corrected chi connectivity index (χ1v) is 6.54. The van der Waals surface area contributed by atoms with Gasteiger partial charge in [-0.2, -0.15) is 0 Å². The fraction of sp³-hybridized carbons (Fsp3) is 1.00. The molecule has 0 aromatic rings. The lowest BCUT2D eigenvalue weighted by molar-refractivity contribution is 0.123. The van der Waals surface area contributed by atoms with Gasteiger partial charge in [0.1, 0.15) is 0 Å². The highest BCUT2D eigenvalue weighted by atomic mass is 35.5. The molecule has 2 nitrogen and oxygen atoms in total. The first-order chi connectivity index (χ1) is 7.18. The van der Waals surface area contributed by atoms with Crippen LogP contribution in [0.2, 0.25) is 0 Å². The van der Waals surface area contributed by atoms with Crippen molar-refractivity contribution in [3.8, 4) is 0 Å². The normalized spacial score (nSPS) is 25.6. The molecule has 1 aliphatic carbocycles. The third kappa shape index (κ3) is 6.39. The quantitative estimate of drug-likeness (QED) is 0.514. The second-order valence-corrected chi connectivity index (χ2v) is 5.55. The van der Waals surface area contributed by atoms with Crippen LogP contribution in [0.3, 0.4) is 0 Å². The zero-order valence-electron chi connectivity index (χ0n) is 9.97. The molecule has 0 aliphatic heterocycles. The molecule has 90 valence electrons. The summed E-state index contributed by atoms with van der Waals surface area (Å²) in [7, 11) is 0. The van der Waals surface area contributed by atoms with E-state index in [9.17, 15) is 0 Å². The molecule has 0 spiro atoms. The molecule has 0 radical (unpaired) electrons. The summed E-state index contributed by atoms with van der Waals surface area (Å²) < 4.78 is 5.51. The molecule has 1 aliphatic rings. The number of ether oxygens (including phenoxy) is 1. The summed E-state index contributed by atoms with van der Waals surface area (Å²) in [6.45, 7) is 8.26. The highest BCUT2D eigenvalue weighted by Crippen LogP contribution is 2.30. The maximum atomic E-state index is 5.90. The Morgan fingerprint density at radius 1 is 1.33 bits per heavy atom. The van der Waals surface area contributed by atoms with E-state index in [0.29, 0.717) is 5.38 Å². The predicted molar refractivity (Wildman–Crippen MR) is 65.5 cm³/mol. The Balaban J connectivity index is 1.74. The van der Waals surface area contributed by atoms with Crippen LogP contribution in [0, 0.1) is 11.8 Å². The first kappa shape index (κ1) is 13.3. The van der Waals surface area contributed by atoms with Crippen molar-refractivity contribution in [3.63, 3.8) is 0 Å². The fourth-order valence-electron chi connectivity index (χ4n) is 1.69. The average molecular weight is 234 g/mol. The minimum absolute atomic E-state index is 0.444. The van der Waals surface area contributed by atoms with E-state index in [1.165, 1.54) is 12.8 Å². The van der Waals surface area contributed by atoms with Crippen LogP contribution in [0.4, 0.5) is 0 Å². The van der Waals surface area contributed by atoms with E-state index in [-0.39, 0.29) is 0 Å². The topological polar surface area (TPSA) is 21.3 Å². The third-order valence-corrected chi connectivity index (χ3v) is 3.23. The van der Waals surface area contributed by atoms with Gasteiger partial charge < -0.3 is 10.1 Å². The minimum Gasteiger partial charge on any atom is -0.380 e. The summed E-state index contributed by atoms with van der Waals surface area (Å²) in [4.78, 5) is 0. The van der Waals surface area contributed by atoms with Gasteiger partial charge in [-0.25, -0.2) is 0 Å². The van der Waals surface area contributed by atoms with Crippen molar-refractivity contribution in [2.24, 2.45) is 11.8 Å². The van der Waals surface area contributed by atoms with E-state index in [2.05, 4.69) is 19.2 Å². The van der Waals surface area contributed by atoms with Crippen LogP contribution in [-0.2, 0) is 4.74 Å². The van der Waals surface area contributed by atoms with Crippen LogP contribution in [0.25, 0.3) is 0 Å². The molecular formula is C12H24ClNO. The summed E-state index contributed by atoms with van der Waals surface area (Å²) >= 11 is 5.90. The van der Waals surface area contributed by atoms with E-state index in [1.807, 2.05) is 0 Å². The molecule has 15 heavy (non-hydrogen) atoms. The molecule has 1 N–H and O–H groups in total. The van der Waals surface area contributed by atoms with Gasteiger partial charge in [0.15, 0.2) is 0 Å². The summed E-state index contributed by atoms with van der Waals surface area (Å²) in [6, 6.07) is 0.